The summed E-state index contributed by atoms with van der Waals surface area (Å²) in [6, 6.07) is 7.39. The monoisotopic (exact) mass is 523 g/mol. The van der Waals surface area contributed by atoms with Crippen LogP contribution in [0, 0.1) is 0 Å². The molecule has 3 aromatic rings. The Balaban J connectivity index is 1.69. The van der Waals surface area contributed by atoms with E-state index < -0.39 is 29.5 Å². The highest BCUT2D eigenvalue weighted by Gasteiger charge is 2.30. The van der Waals surface area contributed by atoms with Gasteiger partial charge in [0.05, 0.1) is 39.9 Å². The highest BCUT2D eigenvalue weighted by molar-refractivity contribution is 5.78. The van der Waals surface area contributed by atoms with Gasteiger partial charge < -0.3 is 29.2 Å². The number of nitrogens with one attached hydrogen (secondary N) is 1. The lowest BCUT2D eigenvalue weighted by Gasteiger charge is -2.19. The van der Waals surface area contributed by atoms with E-state index in [0.29, 0.717) is 28.4 Å². The largest absolute Gasteiger partial charge is 0.493 e. The fraction of sp³-hybridized carbons (Fsp3) is 0.333. The Morgan fingerprint density at radius 2 is 1.65 bits per heavy atom. The molecule has 0 radical (unpaired) electrons. The molecule has 13 heteroatoms. The Kier molecular flexibility index (Phi) is 8.58. The number of carbonyl (C=O) groups excluding carboxylic acids is 1. The van der Waals surface area contributed by atoms with Crippen molar-refractivity contribution in [3.05, 3.63) is 53.4 Å². The van der Waals surface area contributed by atoms with E-state index in [-0.39, 0.29) is 31.1 Å². The van der Waals surface area contributed by atoms with Crippen LogP contribution >= 0.6 is 0 Å². The van der Waals surface area contributed by atoms with Crippen molar-refractivity contribution in [2.24, 2.45) is 0 Å². The number of amides is 1. The molecule has 1 atom stereocenters. The number of alkyl halides is 3. The van der Waals surface area contributed by atoms with Gasteiger partial charge in [0.15, 0.2) is 11.5 Å². The van der Waals surface area contributed by atoms with E-state index in [1.54, 1.807) is 12.1 Å². The van der Waals surface area contributed by atoms with E-state index in [9.17, 15) is 27.9 Å². The maximum absolute atomic E-state index is 12.7. The number of rotatable bonds is 11. The predicted octanol–water partition coefficient (Wildman–Crippen LogP) is 4.05. The number of hydrogen-bond acceptors (Lipinski definition) is 8. The summed E-state index contributed by atoms with van der Waals surface area (Å²) in [5.74, 6) is -1.29. The predicted molar refractivity (Wildman–Crippen MR) is 122 cm³/mol. The second-order valence-electron chi connectivity index (χ2n) is 7.82. The van der Waals surface area contributed by atoms with Crippen LogP contribution in [0.1, 0.15) is 35.8 Å². The number of aliphatic carboxylic acids is 1. The normalized spacial score (nSPS) is 12.1. The van der Waals surface area contributed by atoms with E-state index in [4.69, 9.17) is 18.7 Å². The van der Waals surface area contributed by atoms with Crippen molar-refractivity contribution < 1.29 is 46.6 Å². The molecule has 2 N–H and O–H groups in total. The fourth-order valence-electron chi connectivity index (χ4n) is 3.58. The van der Waals surface area contributed by atoms with Gasteiger partial charge in [-0.2, -0.15) is 18.2 Å². The first-order valence-electron chi connectivity index (χ1n) is 10.8. The lowest BCUT2D eigenvalue weighted by molar-refractivity contribution is -0.138. The highest BCUT2D eigenvalue weighted by Crippen LogP contribution is 2.41. The van der Waals surface area contributed by atoms with Gasteiger partial charge >= 0.3 is 12.1 Å². The van der Waals surface area contributed by atoms with Crippen LogP contribution in [0.15, 0.2) is 40.9 Å². The van der Waals surface area contributed by atoms with Crippen LogP contribution in [0.5, 0.6) is 17.2 Å². The number of nitrogens with zero attached hydrogens (tertiary/aromatic N) is 2. The molecule has 2 aromatic carbocycles. The molecule has 1 heterocycles. The zero-order valence-electron chi connectivity index (χ0n) is 20.1. The van der Waals surface area contributed by atoms with E-state index >= 15 is 0 Å². The van der Waals surface area contributed by atoms with E-state index in [1.165, 1.54) is 33.5 Å². The van der Waals surface area contributed by atoms with Crippen LogP contribution in [0.3, 0.4) is 0 Å². The number of methoxy groups -OCH3 is 3. The number of ether oxygens (including phenoxy) is 3. The molecule has 3 rings (SSSR count). The van der Waals surface area contributed by atoms with Gasteiger partial charge in [0.1, 0.15) is 0 Å². The summed E-state index contributed by atoms with van der Waals surface area (Å²) in [6.45, 7) is -0.165. The summed E-state index contributed by atoms with van der Waals surface area (Å²) in [7, 11) is 4.27. The Bertz CT molecular complexity index is 1220. The number of carboxylic acids is 1. The second-order valence-corrected chi connectivity index (χ2v) is 7.82. The summed E-state index contributed by atoms with van der Waals surface area (Å²) in [5, 5.41) is 15.7. The van der Waals surface area contributed by atoms with Gasteiger partial charge in [-0.3, -0.25) is 9.59 Å². The van der Waals surface area contributed by atoms with E-state index in [0.717, 1.165) is 12.1 Å². The van der Waals surface area contributed by atoms with Gasteiger partial charge in [0.2, 0.25) is 23.4 Å². The Morgan fingerprint density at radius 1 is 1.03 bits per heavy atom. The number of carbonyl (C=O) groups is 2. The maximum atomic E-state index is 12.7. The molecule has 0 aliphatic carbocycles. The first kappa shape index (κ1) is 27.3. The number of aromatic nitrogens is 2. The number of hydrogen-bond donors (Lipinski definition) is 2. The Morgan fingerprint density at radius 3 is 2.16 bits per heavy atom. The topological polar surface area (TPSA) is 133 Å². The molecule has 0 saturated heterocycles. The summed E-state index contributed by atoms with van der Waals surface area (Å²) < 4.78 is 59.2. The molecule has 10 nitrogen and oxygen atoms in total. The third-order valence-corrected chi connectivity index (χ3v) is 5.39. The first-order chi connectivity index (χ1) is 17.5. The zero-order valence-corrected chi connectivity index (χ0v) is 20.1. The number of carboxylic acid groups (broad SMARTS) is 1. The van der Waals surface area contributed by atoms with Gasteiger partial charge in [0.25, 0.3) is 0 Å². The van der Waals surface area contributed by atoms with Gasteiger partial charge in [-0.15, -0.1) is 0 Å². The summed E-state index contributed by atoms with van der Waals surface area (Å²) in [5.41, 5.74) is -0.0112. The lowest BCUT2D eigenvalue weighted by Crippen LogP contribution is -2.25. The minimum atomic E-state index is -4.47. The molecule has 0 bridgehead atoms. The SMILES string of the molecule is COc1cc(C(CC(=O)O)CC(=O)NCc2nc(-c3ccc(C(F)(F)F)cc3)no2)cc(OC)c1OC. The van der Waals surface area contributed by atoms with Crippen molar-refractivity contribution in [1.82, 2.24) is 15.5 Å². The Hall–Kier alpha value is -4.29. The van der Waals surface area contributed by atoms with Gasteiger partial charge in [-0.25, -0.2) is 0 Å². The van der Waals surface area contributed by atoms with Crippen LogP contribution in [-0.2, 0) is 22.3 Å². The van der Waals surface area contributed by atoms with Gasteiger partial charge in [0, 0.05) is 17.9 Å². The van der Waals surface area contributed by atoms with Crippen molar-refractivity contribution in [1.29, 1.82) is 0 Å². The molecule has 0 spiro atoms. The molecule has 0 aliphatic heterocycles. The molecular formula is C24H24F3N3O7. The average Bonchev–Trinajstić information content (AvgIpc) is 3.34. The zero-order chi connectivity index (χ0) is 27.2. The summed E-state index contributed by atoms with van der Waals surface area (Å²) >= 11 is 0. The molecule has 37 heavy (non-hydrogen) atoms. The molecule has 198 valence electrons. The van der Waals surface area contributed by atoms with Crippen LogP contribution < -0.4 is 19.5 Å². The minimum absolute atomic E-state index is 0.0193. The highest BCUT2D eigenvalue weighted by atomic mass is 19.4. The quantitative estimate of drug-likeness (QED) is 0.382. The third kappa shape index (κ3) is 6.90. The molecule has 1 amide bonds. The molecular weight excluding hydrogens is 499 g/mol. The van der Waals surface area contributed by atoms with Crippen molar-refractivity contribution in [2.45, 2.75) is 31.5 Å². The summed E-state index contributed by atoms with van der Waals surface area (Å²) in [6.07, 6.45) is -5.00. The van der Waals surface area contributed by atoms with Crippen molar-refractivity contribution in [3.8, 4) is 28.6 Å². The number of benzene rings is 2. The number of halogens is 3. The van der Waals surface area contributed by atoms with Crippen molar-refractivity contribution in [3.63, 3.8) is 0 Å². The molecule has 1 aromatic heterocycles. The van der Waals surface area contributed by atoms with Gasteiger partial charge in [-0.1, -0.05) is 17.3 Å². The van der Waals surface area contributed by atoms with Crippen LogP contribution in [-0.4, -0.2) is 48.5 Å². The fourth-order valence-corrected chi connectivity index (χ4v) is 3.58. The third-order valence-electron chi connectivity index (χ3n) is 5.39. The first-order valence-corrected chi connectivity index (χ1v) is 10.8. The maximum Gasteiger partial charge on any atom is 0.416 e. The van der Waals surface area contributed by atoms with Crippen molar-refractivity contribution in [2.75, 3.05) is 21.3 Å². The van der Waals surface area contributed by atoms with E-state index in [2.05, 4.69) is 15.5 Å². The Labute approximate surface area is 209 Å². The van der Waals surface area contributed by atoms with Crippen LogP contribution in [0.4, 0.5) is 13.2 Å². The molecule has 0 aliphatic rings. The van der Waals surface area contributed by atoms with Crippen LogP contribution in [0.2, 0.25) is 0 Å². The van der Waals surface area contributed by atoms with Crippen molar-refractivity contribution >= 4 is 11.9 Å². The minimum Gasteiger partial charge on any atom is -0.493 e. The average molecular weight is 523 g/mol. The van der Waals surface area contributed by atoms with Crippen LogP contribution in [0.25, 0.3) is 11.4 Å². The molecule has 0 fully saturated rings. The molecule has 1 unspecified atom stereocenters. The smallest absolute Gasteiger partial charge is 0.416 e. The lowest BCUT2D eigenvalue weighted by atomic mass is 9.91. The van der Waals surface area contributed by atoms with Gasteiger partial charge in [-0.05, 0) is 29.8 Å². The van der Waals surface area contributed by atoms with E-state index in [1.807, 2.05) is 0 Å². The standard InChI is InChI=1S/C24H24F3N3O7/c1-34-17-8-14(9-18(35-2)22(17)36-3)15(11-21(32)33)10-19(31)28-12-20-29-23(30-37-20)13-4-6-16(7-5-13)24(25,26)27/h4-9,15H,10-12H2,1-3H3,(H,28,31)(H,32,33). The molecule has 0 saturated carbocycles. The second kappa shape index (κ2) is 11.6. The summed E-state index contributed by atoms with van der Waals surface area (Å²) in [4.78, 5) is 28.2.